The summed E-state index contributed by atoms with van der Waals surface area (Å²) in [6.45, 7) is 0. The molecule has 2 aliphatic heterocycles. The van der Waals surface area contributed by atoms with Gasteiger partial charge in [-0.1, -0.05) is 328 Å². The highest BCUT2D eigenvalue weighted by Gasteiger charge is 2.45. The monoisotopic (exact) mass is 1380 g/mol. The number of anilines is 6. The largest absolute Gasteiger partial charge is 0.309 e. The van der Waals surface area contributed by atoms with Crippen LogP contribution in [0.1, 0.15) is 78.6 Å². The molecule has 0 amide bonds. The molecule has 17 aromatic rings. The van der Waals surface area contributed by atoms with Gasteiger partial charge in [0.05, 0.1) is 34.1 Å². The summed E-state index contributed by atoms with van der Waals surface area (Å²) in [5.74, 6) is -0.433. The second-order valence-electron chi connectivity index (χ2n) is 30.0. The Bertz CT molecular complexity index is 5990. The van der Waals surface area contributed by atoms with Crippen molar-refractivity contribution in [1.82, 2.24) is 0 Å². The maximum Gasteiger partial charge on any atom is 0.0619 e. The van der Waals surface area contributed by atoms with Gasteiger partial charge in [-0.25, -0.2) is 0 Å². The van der Waals surface area contributed by atoms with Crippen LogP contribution in [0.25, 0.3) is 111 Å². The first kappa shape index (κ1) is 62.7. The van der Waals surface area contributed by atoms with Crippen LogP contribution in [-0.2, 0) is 19.3 Å². The minimum absolute atomic E-state index is 0.131. The van der Waals surface area contributed by atoms with E-state index in [0.29, 0.717) is 0 Å². The average Bonchev–Trinajstić information content (AvgIpc) is 1.04. The zero-order valence-electron chi connectivity index (χ0n) is 60.1. The van der Waals surface area contributed by atoms with Gasteiger partial charge in [0.15, 0.2) is 0 Å². The summed E-state index contributed by atoms with van der Waals surface area (Å²) in [6.07, 6.45) is 2.67. The molecular weight excluding hydrogens is 1310 g/mol. The predicted octanol–water partition coefficient (Wildman–Crippen LogP) is 28.0. The standard InChI is InChI=1S/C107H72N2/c1-7-29-68(30-8-1)82-62-91(70-33-11-3-12-34-70)106(92(63-82)71-35-13-4-14-36-71)108-97-55-53-78(89-51-27-45-80-58-76-43-21-23-47-85(76)101(80)89)60-95(97)104-96-61-79(90-52-28-46-81-59-77-44-22-24-48-86(77)102(81)90)54-56-98(96)109(100-67-84(66-99(108)105(100)104)103-87-49-25-19-41-74(87)57-75-42-20-26-50-88(75)103)107-93(72-37-15-5-16-38-72)64-83(69-31-9-2-10-32-69)65-94(107)73-39-17-6-18-40-73/h1-56,60-67,103-104H,57-59H2. The zero-order valence-corrected chi connectivity index (χ0v) is 60.1. The molecule has 2 heteroatoms. The maximum atomic E-state index is 2.76. The lowest BCUT2D eigenvalue weighted by atomic mass is 9.71. The zero-order chi connectivity index (χ0) is 71.6. The Hall–Kier alpha value is -13.7. The number of benzene rings is 17. The summed E-state index contributed by atoms with van der Waals surface area (Å²) in [4.78, 5) is 5.51. The number of hydrogen-bond donors (Lipinski definition) is 0. The van der Waals surface area contributed by atoms with Crippen molar-refractivity contribution in [2.45, 2.75) is 31.1 Å². The molecule has 0 spiro atoms. The van der Waals surface area contributed by atoms with Gasteiger partial charge in [0.25, 0.3) is 0 Å². The third-order valence-electron chi connectivity index (χ3n) is 24.0. The molecular formula is C107H72N2. The lowest BCUT2D eigenvalue weighted by Crippen LogP contribution is -2.31. The van der Waals surface area contributed by atoms with Crippen LogP contribution in [0, 0.1) is 0 Å². The van der Waals surface area contributed by atoms with Gasteiger partial charge in [0.2, 0.25) is 0 Å². The Kier molecular flexibility index (Phi) is 14.7. The van der Waals surface area contributed by atoms with Gasteiger partial charge in [-0.15, -0.1) is 0 Å². The van der Waals surface area contributed by atoms with E-state index in [1.165, 1.54) is 111 Å². The van der Waals surface area contributed by atoms with Crippen LogP contribution in [0.2, 0.25) is 0 Å². The molecule has 22 rings (SSSR count). The average molecular weight is 1390 g/mol. The molecule has 0 unspecified atom stereocenters. The molecule has 0 atom stereocenters. The fourth-order valence-corrected chi connectivity index (χ4v) is 19.3. The Labute approximate surface area is 637 Å². The van der Waals surface area contributed by atoms with Crippen molar-refractivity contribution < 1.29 is 0 Å². The van der Waals surface area contributed by atoms with Crippen molar-refractivity contribution >= 4 is 34.1 Å². The summed E-state index contributed by atoms with van der Waals surface area (Å²) < 4.78 is 0. The van der Waals surface area contributed by atoms with Crippen LogP contribution in [0.5, 0.6) is 0 Å². The molecule has 0 bridgehead atoms. The third kappa shape index (κ3) is 10.2. The Morgan fingerprint density at radius 3 is 0.881 bits per heavy atom. The molecule has 5 aliphatic rings. The van der Waals surface area contributed by atoms with Crippen molar-refractivity contribution in [2.24, 2.45) is 0 Å². The molecule has 0 aromatic heterocycles. The third-order valence-corrected chi connectivity index (χ3v) is 24.0. The fourth-order valence-electron chi connectivity index (χ4n) is 19.3. The van der Waals surface area contributed by atoms with Crippen LogP contribution in [0.15, 0.2) is 388 Å². The van der Waals surface area contributed by atoms with Gasteiger partial charge in [-0.2, -0.15) is 0 Å². The number of hydrogen-bond acceptors (Lipinski definition) is 2. The van der Waals surface area contributed by atoms with E-state index in [1.54, 1.807) is 0 Å². The molecule has 17 aromatic carbocycles. The van der Waals surface area contributed by atoms with Crippen LogP contribution >= 0.6 is 0 Å². The highest BCUT2D eigenvalue weighted by molar-refractivity contribution is 6.09. The van der Waals surface area contributed by atoms with Crippen molar-refractivity contribution in [2.75, 3.05) is 9.80 Å². The quantitative estimate of drug-likeness (QED) is 0.127. The topological polar surface area (TPSA) is 6.48 Å². The molecule has 2 heterocycles. The van der Waals surface area contributed by atoms with Gasteiger partial charge in [0, 0.05) is 39.7 Å². The summed E-state index contributed by atoms with van der Waals surface area (Å²) in [7, 11) is 0. The molecule has 3 aliphatic carbocycles. The van der Waals surface area contributed by atoms with E-state index in [0.717, 1.165) is 120 Å². The van der Waals surface area contributed by atoms with Crippen LogP contribution in [0.3, 0.4) is 0 Å². The van der Waals surface area contributed by atoms with Gasteiger partial charge in [0.1, 0.15) is 0 Å². The van der Waals surface area contributed by atoms with E-state index in [4.69, 9.17) is 0 Å². The van der Waals surface area contributed by atoms with Gasteiger partial charge >= 0.3 is 0 Å². The normalized spacial score (nSPS) is 13.3. The lowest BCUT2D eigenvalue weighted by Gasteiger charge is -2.47. The number of nitrogens with zero attached hydrogens (tertiary/aromatic N) is 2. The van der Waals surface area contributed by atoms with Crippen LogP contribution in [-0.4, -0.2) is 0 Å². The minimum atomic E-state index is -0.302. The SMILES string of the molecule is c1ccc(-c2cc(-c3ccccc3)c(N3c4ccc(-c5cccc6c5-c5ccccc5C6)cc4C4c5cc(-c6cccc7c6-c6ccccc6C7)ccc5N(c5c(-c6ccccc6)cc(-c6ccccc6)cc5-c5ccccc5)c5cc(C6c7ccccc7Cc7ccccc76)cc3c54)c(-c3ccccc3)c2)cc1. The van der Waals surface area contributed by atoms with Gasteiger partial charge in [-0.05, 0) is 230 Å². The number of fused-ring (bicyclic) bond motifs is 12. The summed E-state index contributed by atoms with van der Waals surface area (Å²) in [5.41, 5.74) is 46.6. The van der Waals surface area contributed by atoms with Crippen molar-refractivity contribution in [3.8, 4) is 111 Å². The molecule has 0 fully saturated rings. The second-order valence-corrected chi connectivity index (χ2v) is 30.0. The smallest absolute Gasteiger partial charge is 0.0619 e. The first-order chi connectivity index (χ1) is 54.1. The summed E-state index contributed by atoms with van der Waals surface area (Å²) in [6, 6.07) is 148. The van der Waals surface area contributed by atoms with E-state index >= 15 is 0 Å². The van der Waals surface area contributed by atoms with Crippen LogP contribution in [0.4, 0.5) is 34.1 Å². The molecule has 0 saturated heterocycles. The number of rotatable bonds is 11. The lowest BCUT2D eigenvalue weighted by molar-refractivity contribution is 0.870. The summed E-state index contributed by atoms with van der Waals surface area (Å²) >= 11 is 0. The molecule has 0 radical (unpaired) electrons. The predicted molar refractivity (Wildman–Crippen MR) is 453 cm³/mol. The van der Waals surface area contributed by atoms with E-state index in [-0.39, 0.29) is 11.8 Å². The fraction of sp³-hybridized carbons (Fsp3) is 0.0467. The van der Waals surface area contributed by atoms with E-state index in [1.807, 2.05) is 0 Å². The summed E-state index contributed by atoms with van der Waals surface area (Å²) in [5, 5.41) is 0. The molecule has 109 heavy (non-hydrogen) atoms. The minimum Gasteiger partial charge on any atom is -0.309 e. The molecule has 0 N–H and O–H groups in total. The first-order valence-electron chi connectivity index (χ1n) is 38.4. The van der Waals surface area contributed by atoms with Gasteiger partial charge in [-0.3, -0.25) is 0 Å². The molecule has 510 valence electrons. The molecule has 0 saturated carbocycles. The maximum absolute atomic E-state index is 2.76. The van der Waals surface area contributed by atoms with Crippen molar-refractivity contribution in [3.63, 3.8) is 0 Å². The highest BCUT2D eigenvalue weighted by atomic mass is 15.2. The van der Waals surface area contributed by atoms with Gasteiger partial charge < -0.3 is 9.80 Å². The molecule has 2 nitrogen and oxygen atoms in total. The van der Waals surface area contributed by atoms with E-state index in [2.05, 4.69) is 398 Å². The highest BCUT2D eigenvalue weighted by Crippen LogP contribution is 2.66. The Balaban J connectivity index is 0.934. The van der Waals surface area contributed by atoms with E-state index < -0.39 is 0 Å². The Morgan fingerprint density at radius 2 is 0.495 bits per heavy atom. The van der Waals surface area contributed by atoms with Crippen molar-refractivity contribution in [3.05, 3.63) is 455 Å². The van der Waals surface area contributed by atoms with Crippen molar-refractivity contribution in [1.29, 1.82) is 0 Å². The van der Waals surface area contributed by atoms with E-state index in [9.17, 15) is 0 Å². The second kappa shape index (κ2) is 25.6. The Morgan fingerprint density at radius 1 is 0.183 bits per heavy atom. The first-order valence-corrected chi connectivity index (χ1v) is 38.4. The van der Waals surface area contributed by atoms with Crippen LogP contribution < -0.4 is 9.80 Å².